The van der Waals surface area contributed by atoms with Gasteiger partial charge in [0.25, 0.3) is 0 Å². The molecule has 0 radical (unpaired) electrons. The van der Waals surface area contributed by atoms with Crippen LogP contribution in [-0.4, -0.2) is 49.8 Å². The lowest BCUT2D eigenvalue weighted by Gasteiger charge is -2.16. The molecule has 3 heterocycles. The monoisotopic (exact) mass is 378 g/mol. The fraction of sp³-hybridized carbons (Fsp3) is 0.350. The summed E-state index contributed by atoms with van der Waals surface area (Å²) in [6, 6.07) is 13.4. The van der Waals surface area contributed by atoms with E-state index in [1.54, 1.807) is 11.1 Å². The topological polar surface area (TPSA) is 93.0 Å². The third-order valence-electron chi connectivity index (χ3n) is 4.93. The van der Waals surface area contributed by atoms with Crippen LogP contribution in [0.1, 0.15) is 18.5 Å². The molecule has 2 amide bonds. The molecule has 2 aromatic heterocycles. The van der Waals surface area contributed by atoms with Crippen molar-refractivity contribution in [3.63, 3.8) is 0 Å². The number of likely N-dealkylation sites (tertiary alicyclic amines) is 1. The van der Waals surface area contributed by atoms with E-state index in [0.29, 0.717) is 26.2 Å². The Morgan fingerprint density at radius 3 is 2.89 bits per heavy atom. The molecule has 0 aliphatic carbocycles. The molecule has 1 aliphatic heterocycles. The molecule has 1 aromatic carbocycles. The van der Waals surface area contributed by atoms with Gasteiger partial charge in [-0.25, -0.2) is 4.68 Å². The van der Waals surface area contributed by atoms with Gasteiger partial charge in [0.1, 0.15) is 5.52 Å². The van der Waals surface area contributed by atoms with E-state index >= 15 is 0 Å². The number of aromatic nitrogens is 4. The molecule has 3 aromatic rings. The number of para-hydroxylation sites is 1. The van der Waals surface area contributed by atoms with Crippen LogP contribution in [0.3, 0.4) is 0 Å². The predicted octanol–water partition coefficient (Wildman–Crippen LogP) is 1.38. The summed E-state index contributed by atoms with van der Waals surface area (Å²) in [5.41, 5.74) is 2.68. The summed E-state index contributed by atoms with van der Waals surface area (Å²) in [6.07, 6.45) is 2.71. The Labute approximate surface area is 162 Å². The number of nitrogens with one attached hydrogen (secondary N) is 1. The lowest BCUT2D eigenvalue weighted by Crippen LogP contribution is -2.33. The van der Waals surface area contributed by atoms with Crippen molar-refractivity contribution in [1.29, 1.82) is 0 Å². The van der Waals surface area contributed by atoms with Gasteiger partial charge in [0, 0.05) is 32.3 Å². The summed E-state index contributed by atoms with van der Waals surface area (Å²) in [6.45, 7) is 2.10. The summed E-state index contributed by atoms with van der Waals surface area (Å²) in [5.74, 6) is -0.372. The van der Waals surface area contributed by atoms with Gasteiger partial charge in [0.05, 0.1) is 23.7 Å². The lowest BCUT2D eigenvalue weighted by atomic mass is 10.1. The van der Waals surface area contributed by atoms with Gasteiger partial charge in [-0.2, -0.15) is 0 Å². The Hall–Kier alpha value is -3.29. The molecule has 8 nitrogen and oxygen atoms in total. The van der Waals surface area contributed by atoms with Crippen molar-refractivity contribution in [2.24, 2.45) is 5.92 Å². The molecular weight excluding hydrogens is 356 g/mol. The number of rotatable bonds is 7. The van der Waals surface area contributed by atoms with Gasteiger partial charge >= 0.3 is 0 Å². The van der Waals surface area contributed by atoms with Crippen molar-refractivity contribution in [1.82, 2.24) is 30.2 Å². The van der Waals surface area contributed by atoms with Crippen LogP contribution >= 0.6 is 0 Å². The number of pyridine rings is 1. The first-order valence-corrected chi connectivity index (χ1v) is 9.44. The third kappa shape index (κ3) is 4.00. The minimum Gasteiger partial charge on any atom is -0.356 e. The number of aryl methyl sites for hydroxylation is 1. The number of hydrogen-bond acceptors (Lipinski definition) is 5. The van der Waals surface area contributed by atoms with Crippen LogP contribution < -0.4 is 5.32 Å². The number of benzene rings is 1. The van der Waals surface area contributed by atoms with Crippen LogP contribution in [0.15, 0.2) is 48.7 Å². The lowest BCUT2D eigenvalue weighted by molar-refractivity contribution is -0.129. The highest BCUT2D eigenvalue weighted by Crippen LogP contribution is 2.19. The van der Waals surface area contributed by atoms with Gasteiger partial charge in [0.2, 0.25) is 11.8 Å². The van der Waals surface area contributed by atoms with Crippen molar-refractivity contribution >= 4 is 22.8 Å². The summed E-state index contributed by atoms with van der Waals surface area (Å²) >= 11 is 0. The molecule has 8 heteroatoms. The van der Waals surface area contributed by atoms with Crippen LogP contribution in [-0.2, 0) is 22.7 Å². The fourth-order valence-electron chi connectivity index (χ4n) is 3.46. The van der Waals surface area contributed by atoms with Crippen LogP contribution in [0.2, 0.25) is 0 Å². The second-order valence-corrected chi connectivity index (χ2v) is 6.94. The Morgan fingerprint density at radius 1 is 1.18 bits per heavy atom. The molecule has 1 N–H and O–H groups in total. The van der Waals surface area contributed by atoms with Gasteiger partial charge in [-0.1, -0.05) is 23.4 Å². The zero-order valence-electron chi connectivity index (χ0n) is 15.5. The van der Waals surface area contributed by atoms with E-state index in [9.17, 15) is 9.59 Å². The van der Waals surface area contributed by atoms with E-state index in [0.717, 1.165) is 23.1 Å². The number of fused-ring (bicyclic) bond motifs is 1. The average Bonchev–Trinajstić information content (AvgIpc) is 3.30. The predicted molar refractivity (Wildman–Crippen MR) is 103 cm³/mol. The van der Waals surface area contributed by atoms with E-state index in [1.165, 1.54) is 0 Å². The van der Waals surface area contributed by atoms with Crippen LogP contribution in [0, 0.1) is 5.92 Å². The van der Waals surface area contributed by atoms with Gasteiger partial charge < -0.3 is 10.2 Å². The maximum atomic E-state index is 12.4. The zero-order valence-corrected chi connectivity index (χ0v) is 15.5. The third-order valence-corrected chi connectivity index (χ3v) is 4.93. The van der Waals surface area contributed by atoms with E-state index < -0.39 is 0 Å². The van der Waals surface area contributed by atoms with Crippen molar-refractivity contribution in [2.75, 3.05) is 13.1 Å². The van der Waals surface area contributed by atoms with E-state index in [4.69, 9.17) is 0 Å². The number of carbonyl (C=O) groups excluding carboxylic acids is 2. The van der Waals surface area contributed by atoms with Gasteiger partial charge in [0.15, 0.2) is 0 Å². The maximum Gasteiger partial charge on any atom is 0.225 e. The number of carbonyl (C=O) groups is 2. The first-order chi connectivity index (χ1) is 13.7. The highest BCUT2D eigenvalue weighted by atomic mass is 16.2. The van der Waals surface area contributed by atoms with Crippen molar-refractivity contribution < 1.29 is 9.59 Å². The van der Waals surface area contributed by atoms with Crippen molar-refractivity contribution in [3.05, 3.63) is 54.4 Å². The fourth-order valence-corrected chi connectivity index (χ4v) is 3.46. The standard InChI is InChI=1S/C20H22N6O2/c27-19-12-15(13-25(19)14-16-6-3-4-9-21-16)20(28)22-10-5-11-26-18-8-2-1-7-17(18)23-24-26/h1-4,6-9,15H,5,10-14H2,(H,22,28)/t15-/m0/s1. The normalized spacial score (nSPS) is 16.6. The molecule has 0 saturated carbocycles. The van der Waals surface area contributed by atoms with Gasteiger partial charge in [-0.3, -0.25) is 14.6 Å². The molecule has 1 fully saturated rings. The summed E-state index contributed by atoms with van der Waals surface area (Å²) < 4.78 is 1.84. The molecule has 0 unspecified atom stereocenters. The molecule has 0 spiro atoms. The van der Waals surface area contributed by atoms with E-state index in [-0.39, 0.29) is 24.2 Å². The molecular formula is C20H22N6O2. The molecule has 1 saturated heterocycles. The first-order valence-electron chi connectivity index (χ1n) is 9.44. The number of amides is 2. The highest BCUT2D eigenvalue weighted by molar-refractivity contribution is 5.89. The SMILES string of the molecule is O=C(NCCCn1nnc2ccccc21)[C@H]1CC(=O)N(Cc2ccccn2)C1. The van der Waals surface area contributed by atoms with Gasteiger partial charge in [-0.15, -0.1) is 5.10 Å². The Bertz CT molecular complexity index is 971. The number of hydrogen-bond donors (Lipinski definition) is 1. The van der Waals surface area contributed by atoms with Crippen LogP contribution in [0.4, 0.5) is 0 Å². The molecule has 144 valence electrons. The van der Waals surface area contributed by atoms with Crippen LogP contribution in [0.25, 0.3) is 11.0 Å². The molecule has 1 atom stereocenters. The van der Waals surface area contributed by atoms with Crippen molar-refractivity contribution in [3.8, 4) is 0 Å². The Morgan fingerprint density at radius 2 is 2.04 bits per heavy atom. The second kappa shape index (κ2) is 8.16. The minimum atomic E-state index is -0.302. The second-order valence-electron chi connectivity index (χ2n) is 6.94. The average molecular weight is 378 g/mol. The largest absolute Gasteiger partial charge is 0.356 e. The van der Waals surface area contributed by atoms with E-state index in [1.807, 2.05) is 47.1 Å². The minimum absolute atomic E-state index is 0.000103. The Kier molecular flexibility index (Phi) is 5.27. The highest BCUT2D eigenvalue weighted by Gasteiger charge is 2.34. The van der Waals surface area contributed by atoms with Crippen LogP contribution in [0.5, 0.6) is 0 Å². The first kappa shape index (κ1) is 18.1. The molecule has 4 rings (SSSR count). The summed E-state index contributed by atoms with van der Waals surface area (Å²) in [7, 11) is 0. The van der Waals surface area contributed by atoms with E-state index in [2.05, 4.69) is 20.6 Å². The summed E-state index contributed by atoms with van der Waals surface area (Å²) in [5, 5.41) is 11.2. The van der Waals surface area contributed by atoms with Gasteiger partial charge in [-0.05, 0) is 30.7 Å². The smallest absolute Gasteiger partial charge is 0.225 e. The maximum absolute atomic E-state index is 12.4. The van der Waals surface area contributed by atoms with Crippen molar-refractivity contribution in [2.45, 2.75) is 25.9 Å². The molecule has 1 aliphatic rings. The number of nitrogens with zero attached hydrogens (tertiary/aromatic N) is 5. The quantitative estimate of drug-likeness (QED) is 0.627. The zero-order chi connectivity index (χ0) is 19.3. The summed E-state index contributed by atoms with van der Waals surface area (Å²) in [4.78, 5) is 30.6. The molecule has 0 bridgehead atoms. The Balaban J connectivity index is 1.23. The molecule has 28 heavy (non-hydrogen) atoms.